The van der Waals surface area contributed by atoms with Crippen LogP contribution in [0.3, 0.4) is 0 Å². The number of nitrogens with one attached hydrogen (secondary N) is 1. The number of hydrogen-bond donors (Lipinski definition) is 2. The summed E-state index contributed by atoms with van der Waals surface area (Å²) in [7, 11) is 0. The van der Waals surface area contributed by atoms with Crippen molar-refractivity contribution in [2.45, 2.75) is 12.7 Å². The lowest BCUT2D eigenvalue weighted by Crippen LogP contribution is -2.29. The van der Waals surface area contributed by atoms with E-state index in [4.69, 9.17) is 27.3 Å². The quantitative estimate of drug-likeness (QED) is 0.580. The molecule has 164 valence electrons. The molecule has 3 aromatic rings. The highest BCUT2D eigenvalue weighted by atomic mass is 35.5. The summed E-state index contributed by atoms with van der Waals surface area (Å²) in [6.07, 6.45) is -4.44. The topological polar surface area (TPSA) is 157 Å². The Morgan fingerprint density at radius 2 is 2.00 bits per heavy atom. The third-order valence-electron chi connectivity index (χ3n) is 3.94. The molecule has 32 heavy (non-hydrogen) atoms. The molecule has 1 aromatic carbocycles. The van der Waals surface area contributed by atoms with Crippen molar-refractivity contribution >= 4 is 17.5 Å². The van der Waals surface area contributed by atoms with Crippen molar-refractivity contribution in [3.05, 3.63) is 78.8 Å². The molecule has 0 fully saturated rings. The van der Waals surface area contributed by atoms with Crippen LogP contribution in [0.1, 0.15) is 27.3 Å². The van der Waals surface area contributed by atoms with Crippen molar-refractivity contribution in [3.8, 4) is 17.6 Å². The lowest BCUT2D eigenvalue weighted by Gasteiger charge is -2.14. The second-order valence-corrected chi connectivity index (χ2v) is 6.65. The van der Waals surface area contributed by atoms with Crippen LogP contribution in [-0.2, 0) is 12.7 Å². The Morgan fingerprint density at radius 1 is 1.28 bits per heavy atom. The van der Waals surface area contributed by atoms with E-state index in [-0.39, 0.29) is 22.0 Å². The summed E-state index contributed by atoms with van der Waals surface area (Å²) < 4.78 is 46.1. The van der Waals surface area contributed by atoms with Gasteiger partial charge in [-0.05, 0) is 24.3 Å². The van der Waals surface area contributed by atoms with E-state index in [0.29, 0.717) is 10.9 Å². The summed E-state index contributed by atoms with van der Waals surface area (Å²) >= 11 is 5.83. The van der Waals surface area contributed by atoms with E-state index in [0.717, 1.165) is 18.2 Å². The van der Waals surface area contributed by atoms with E-state index in [1.165, 1.54) is 6.07 Å². The zero-order chi connectivity index (χ0) is 23.6. The summed E-state index contributed by atoms with van der Waals surface area (Å²) in [4.78, 5) is 38.9. The first kappa shape index (κ1) is 22.5. The molecule has 3 rings (SSSR count). The van der Waals surface area contributed by atoms with Crippen molar-refractivity contribution in [2.24, 2.45) is 5.73 Å². The number of aromatic amines is 1. The van der Waals surface area contributed by atoms with Gasteiger partial charge in [0.2, 0.25) is 5.75 Å². The van der Waals surface area contributed by atoms with E-state index >= 15 is 0 Å². The molecule has 3 N–H and O–H groups in total. The van der Waals surface area contributed by atoms with Crippen LogP contribution in [0.5, 0.6) is 11.5 Å². The highest BCUT2D eigenvalue weighted by Crippen LogP contribution is 2.35. The molecular weight excluding hydrogens is 457 g/mol. The maximum Gasteiger partial charge on any atom is 0.437 e. The molecular formula is C18H10ClF3N6O4. The van der Waals surface area contributed by atoms with Crippen molar-refractivity contribution in [1.29, 1.82) is 5.26 Å². The normalized spacial score (nSPS) is 11.1. The van der Waals surface area contributed by atoms with Crippen LogP contribution in [0, 0.1) is 11.3 Å². The number of nitrogens with zero attached hydrogens (tertiary/aromatic N) is 4. The number of alkyl halides is 3. The van der Waals surface area contributed by atoms with Gasteiger partial charge in [0.1, 0.15) is 11.3 Å². The van der Waals surface area contributed by atoms with Crippen LogP contribution in [0.2, 0.25) is 5.02 Å². The molecule has 0 aliphatic heterocycles. The standard InChI is InChI=1S/C18H10ClF3N6O4/c19-9-1-8(5-23)2-11(3-9)32-13-14(18(20,21)22)25-7-28(17(13)31)6-10-4-12(15(24)29)16(30)27-26-10/h1-4,7H,6H2,(H2,24,29)(H,27,30). The van der Waals surface area contributed by atoms with Gasteiger partial charge in [-0.1, -0.05) is 11.6 Å². The Balaban J connectivity index is 2.10. The minimum atomic E-state index is -5.04. The molecule has 2 heterocycles. The zero-order valence-corrected chi connectivity index (χ0v) is 16.4. The molecule has 0 saturated carbocycles. The minimum Gasteiger partial charge on any atom is -0.449 e. The van der Waals surface area contributed by atoms with Crippen molar-refractivity contribution in [2.75, 3.05) is 0 Å². The summed E-state index contributed by atoms with van der Waals surface area (Å²) in [5, 5.41) is 14.6. The number of nitrogens with two attached hydrogens (primary N) is 1. The number of carbonyl (C=O) groups excluding carboxylic acids is 1. The Labute approximate surface area is 180 Å². The number of rotatable bonds is 5. The highest BCUT2D eigenvalue weighted by molar-refractivity contribution is 6.30. The number of amides is 1. The Hall–Kier alpha value is -4.18. The van der Waals surface area contributed by atoms with E-state index in [1.54, 1.807) is 6.07 Å². The first-order chi connectivity index (χ1) is 15.0. The average molecular weight is 467 g/mol. The number of primary amides is 1. The SMILES string of the molecule is N#Cc1cc(Cl)cc(Oc2c(C(F)(F)F)ncn(Cc3cc(C(N)=O)c(=O)[nH]n3)c2=O)c1. The molecule has 0 aliphatic carbocycles. The Bertz CT molecular complexity index is 1380. The maximum atomic E-state index is 13.4. The summed E-state index contributed by atoms with van der Waals surface area (Å²) in [5.74, 6) is -2.54. The highest BCUT2D eigenvalue weighted by Gasteiger charge is 2.38. The van der Waals surface area contributed by atoms with Gasteiger partial charge in [0, 0.05) is 5.02 Å². The van der Waals surface area contributed by atoms with Gasteiger partial charge >= 0.3 is 6.18 Å². The Morgan fingerprint density at radius 3 is 2.62 bits per heavy atom. The second kappa shape index (κ2) is 8.52. The van der Waals surface area contributed by atoms with Crippen LogP contribution < -0.4 is 21.6 Å². The number of halogens is 4. The first-order valence-corrected chi connectivity index (χ1v) is 8.81. The van der Waals surface area contributed by atoms with E-state index in [2.05, 4.69) is 10.1 Å². The van der Waals surface area contributed by atoms with E-state index in [9.17, 15) is 27.6 Å². The maximum absolute atomic E-state index is 13.4. The predicted octanol–water partition coefficient (Wildman–Crippen LogP) is 1.81. The van der Waals surface area contributed by atoms with Gasteiger partial charge in [0.25, 0.3) is 17.0 Å². The molecule has 14 heteroatoms. The smallest absolute Gasteiger partial charge is 0.437 e. The zero-order valence-electron chi connectivity index (χ0n) is 15.6. The molecule has 0 unspecified atom stereocenters. The lowest BCUT2D eigenvalue weighted by molar-refractivity contribution is -0.142. The number of benzene rings is 1. The van der Waals surface area contributed by atoms with Gasteiger partial charge in [-0.15, -0.1) is 0 Å². The van der Waals surface area contributed by atoms with Gasteiger partial charge in [-0.2, -0.15) is 23.5 Å². The van der Waals surface area contributed by atoms with Crippen LogP contribution >= 0.6 is 11.6 Å². The van der Waals surface area contributed by atoms with E-state index in [1.807, 2.05) is 5.10 Å². The molecule has 10 nitrogen and oxygen atoms in total. The number of ether oxygens (including phenoxy) is 1. The lowest BCUT2D eigenvalue weighted by atomic mass is 10.2. The molecule has 0 aliphatic rings. The van der Waals surface area contributed by atoms with Crippen LogP contribution in [0.25, 0.3) is 0 Å². The summed E-state index contributed by atoms with van der Waals surface area (Å²) in [6, 6.07) is 6.19. The number of H-pyrrole nitrogens is 1. The summed E-state index contributed by atoms with van der Waals surface area (Å²) in [6.45, 7) is -0.476. The first-order valence-electron chi connectivity index (χ1n) is 8.43. The Kier molecular flexibility index (Phi) is 5.99. The van der Waals surface area contributed by atoms with E-state index < -0.39 is 46.8 Å². The van der Waals surface area contributed by atoms with Gasteiger partial charge in [0.15, 0.2) is 5.69 Å². The van der Waals surface area contributed by atoms with Gasteiger partial charge in [0.05, 0.1) is 30.2 Å². The molecule has 1 amide bonds. The molecule has 0 radical (unpaired) electrons. The monoisotopic (exact) mass is 466 g/mol. The fraction of sp³-hybridized carbons (Fsp3) is 0.111. The molecule has 2 aromatic heterocycles. The molecule has 0 atom stereocenters. The average Bonchev–Trinajstić information content (AvgIpc) is 2.70. The number of aromatic nitrogens is 4. The second-order valence-electron chi connectivity index (χ2n) is 6.21. The minimum absolute atomic E-state index is 0.00625. The fourth-order valence-electron chi connectivity index (χ4n) is 2.57. The van der Waals surface area contributed by atoms with Crippen LogP contribution in [0.4, 0.5) is 13.2 Å². The molecule has 0 bridgehead atoms. The fourth-order valence-corrected chi connectivity index (χ4v) is 2.79. The predicted molar refractivity (Wildman–Crippen MR) is 102 cm³/mol. The molecule has 0 saturated heterocycles. The summed E-state index contributed by atoms with van der Waals surface area (Å²) in [5.41, 5.74) is 0.804. The van der Waals surface area contributed by atoms with Crippen LogP contribution in [0.15, 0.2) is 40.2 Å². The number of nitriles is 1. The third-order valence-corrected chi connectivity index (χ3v) is 4.16. The van der Waals surface area contributed by atoms with Gasteiger partial charge < -0.3 is 10.5 Å². The van der Waals surface area contributed by atoms with Gasteiger partial charge in [-0.25, -0.2) is 10.1 Å². The van der Waals surface area contributed by atoms with Crippen LogP contribution in [-0.4, -0.2) is 25.7 Å². The number of hydrogen-bond acceptors (Lipinski definition) is 7. The van der Waals surface area contributed by atoms with Gasteiger partial charge in [-0.3, -0.25) is 19.0 Å². The van der Waals surface area contributed by atoms with Crippen molar-refractivity contribution < 1.29 is 22.7 Å². The van der Waals surface area contributed by atoms with Crippen molar-refractivity contribution in [1.82, 2.24) is 19.7 Å². The van der Waals surface area contributed by atoms with Crippen molar-refractivity contribution in [3.63, 3.8) is 0 Å². The molecule has 0 spiro atoms. The third kappa shape index (κ3) is 4.76. The number of carbonyl (C=O) groups is 1. The largest absolute Gasteiger partial charge is 0.449 e.